The first kappa shape index (κ1) is 15.3. The Morgan fingerprint density at radius 1 is 1.23 bits per heavy atom. The molecule has 2 heterocycles. The van der Waals surface area contributed by atoms with Crippen molar-refractivity contribution in [1.29, 1.82) is 0 Å². The Morgan fingerprint density at radius 2 is 1.95 bits per heavy atom. The van der Waals surface area contributed by atoms with Crippen molar-refractivity contribution in [2.24, 2.45) is 5.92 Å². The number of carbonyl (C=O) groups is 1. The summed E-state index contributed by atoms with van der Waals surface area (Å²) in [5.74, 6) is 2.73. The summed E-state index contributed by atoms with van der Waals surface area (Å²) in [4.78, 5) is 13.9. The van der Waals surface area contributed by atoms with E-state index in [2.05, 4.69) is 14.8 Å². The molecule has 1 aromatic rings. The number of fused-ring (bicyclic) bond motifs is 1. The molecule has 122 valence electrons. The van der Waals surface area contributed by atoms with Gasteiger partial charge in [-0.3, -0.25) is 4.90 Å². The summed E-state index contributed by atoms with van der Waals surface area (Å²) in [6, 6.07) is 0. The van der Waals surface area contributed by atoms with Gasteiger partial charge in [0.1, 0.15) is 11.4 Å². The van der Waals surface area contributed by atoms with Crippen LogP contribution in [0.1, 0.15) is 58.1 Å². The van der Waals surface area contributed by atoms with Crippen LogP contribution in [0.5, 0.6) is 0 Å². The predicted octanol–water partition coefficient (Wildman–Crippen LogP) is 2.76. The molecule has 0 aromatic carbocycles. The molecule has 1 aliphatic carbocycles. The van der Waals surface area contributed by atoms with E-state index in [4.69, 9.17) is 4.74 Å². The molecule has 3 rings (SSSR count). The van der Waals surface area contributed by atoms with Gasteiger partial charge >= 0.3 is 6.09 Å². The van der Waals surface area contributed by atoms with Crippen molar-refractivity contribution >= 4 is 6.09 Å². The van der Waals surface area contributed by atoms with Gasteiger partial charge in [0.2, 0.25) is 0 Å². The molecule has 22 heavy (non-hydrogen) atoms. The predicted molar refractivity (Wildman–Crippen MR) is 82.3 cm³/mol. The van der Waals surface area contributed by atoms with E-state index in [1.807, 2.05) is 20.8 Å². The third-order valence-corrected chi connectivity index (χ3v) is 4.43. The molecular weight excluding hydrogens is 280 g/mol. The number of rotatable bonds is 2. The highest BCUT2D eigenvalue weighted by molar-refractivity contribution is 5.68. The third kappa shape index (κ3) is 3.42. The van der Waals surface area contributed by atoms with Crippen LogP contribution in [-0.4, -0.2) is 37.9 Å². The van der Waals surface area contributed by atoms with E-state index in [0.717, 1.165) is 30.5 Å². The van der Waals surface area contributed by atoms with Gasteiger partial charge in [0, 0.05) is 19.5 Å². The third-order valence-electron chi connectivity index (χ3n) is 4.43. The van der Waals surface area contributed by atoms with Gasteiger partial charge in [0.25, 0.3) is 0 Å². The average molecular weight is 306 g/mol. The summed E-state index contributed by atoms with van der Waals surface area (Å²) in [6.45, 7) is 7.58. The van der Waals surface area contributed by atoms with Gasteiger partial charge in [-0.2, -0.15) is 0 Å². The van der Waals surface area contributed by atoms with Crippen LogP contribution in [0.15, 0.2) is 0 Å². The first-order valence-corrected chi connectivity index (χ1v) is 8.31. The molecule has 2 aliphatic rings. The summed E-state index contributed by atoms with van der Waals surface area (Å²) in [7, 11) is 0. The van der Waals surface area contributed by atoms with Crippen molar-refractivity contribution < 1.29 is 9.53 Å². The van der Waals surface area contributed by atoms with Crippen molar-refractivity contribution in [3.63, 3.8) is 0 Å². The highest BCUT2D eigenvalue weighted by atomic mass is 16.6. The van der Waals surface area contributed by atoms with Gasteiger partial charge < -0.3 is 9.30 Å². The maximum Gasteiger partial charge on any atom is 0.410 e. The maximum absolute atomic E-state index is 12.2. The second-order valence-corrected chi connectivity index (χ2v) is 7.44. The molecule has 0 atom stereocenters. The molecule has 1 aliphatic heterocycles. The number of hydrogen-bond donors (Lipinski definition) is 0. The van der Waals surface area contributed by atoms with Gasteiger partial charge in [-0.25, -0.2) is 4.79 Å². The zero-order valence-corrected chi connectivity index (χ0v) is 13.8. The summed E-state index contributed by atoms with van der Waals surface area (Å²) in [5, 5.41) is 8.66. The fourth-order valence-corrected chi connectivity index (χ4v) is 3.32. The Morgan fingerprint density at radius 3 is 2.64 bits per heavy atom. The van der Waals surface area contributed by atoms with Crippen molar-refractivity contribution in [3.8, 4) is 0 Å². The summed E-state index contributed by atoms with van der Waals surface area (Å²) in [6.07, 6.45) is 6.08. The lowest BCUT2D eigenvalue weighted by Crippen LogP contribution is -2.41. The second kappa shape index (κ2) is 5.89. The zero-order chi connectivity index (χ0) is 15.7. The molecule has 1 fully saturated rings. The molecule has 0 bridgehead atoms. The number of ether oxygens (including phenoxy) is 1. The van der Waals surface area contributed by atoms with Crippen molar-refractivity contribution in [2.75, 3.05) is 6.54 Å². The first-order valence-electron chi connectivity index (χ1n) is 8.31. The highest BCUT2D eigenvalue weighted by Crippen LogP contribution is 2.28. The van der Waals surface area contributed by atoms with Crippen molar-refractivity contribution in [1.82, 2.24) is 19.7 Å². The molecule has 0 radical (unpaired) electrons. The smallest absolute Gasteiger partial charge is 0.410 e. The van der Waals surface area contributed by atoms with E-state index in [1.165, 1.54) is 25.7 Å². The molecule has 6 heteroatoms. The first-order chi connectivity index (χ1) is 10.4. The Bertz CT molecular complexity index is 541. The number of nitrogens with zero attached hydrogens (tertiary/aromatic N) is 4. The van der Waals surface area contributed by atoms with Crippen LogP contribution in [0.2, 0.25) is 0 Å². The molecule has 1 aromatic heterocycles. The SMILES string of the molecule is CC(C)(C)OC(=O)N1CCn2c(CC3CCCC3)nnc2C1. The molecule has 0 unspecified atom stereocenters. The van der Waals surface area contributed by atoms with Gasteiger partial charge in [-0.1, -0.05) is 25.7 Å². The highest BCUT2D eigenvalue weighted by Gasteiger charge is 2.29. The zero-order valence-electron chi connectivity index (χ0n) is 13.8. The molecule has 1 saturated carbocycles. The normalized spacial score (nSPS) is 19.3. The molecule has 0 spiro atoms. The minimum Gasteiger partial charge on any atom is -0.444 e. The molecule has 6 nitrogen and oxygen atoms in total. The fraction of sp³-hybridized carbons (Fsp3) is 0.812. The summed E-state index contributed by atoms with van der Waals surface area (Å²) in [5.41, 5.74) is -0.462. The van der Waals surface area contributed by atoms with Gasteiger partial charge in [0.05, 0.1) is 6.54 Å². The Kier molecular flexibility index (Phi) is 4.10. The minimum atomic E-state index is -0.462. The second-order valence-electron chi connectivity index (χ2n) is 7.44. The molecular formula is C16H26N4O2. The summed E-state index contributed by atoms with van der Waals surface area (Å²) >= 11 is 0. The van der Waals surface area contributed by atoms with E-state index >= 15 is 0 Å². The van der Waals surface area contributed by atoms with Gasteiger partial charge in [-0.05, 0) is 26.7 Å². The standard InChI is InChI=1S/C16H26N4O2/c1-16(2,3)22-15(21)19-8-9-20-13(17-18-14(20)11-19)10-12-6-4-5-7-12/h12H,4-11H2,1-3H3. The van der Waals surface area contributed by atoms with Crippen LogP contribution in [0, 0.1) is 5.92 Å². The number of hydrogen-bond acceptors (Lipinski definition) is 4. The van der Waals surface area contributed by atoms with Gasteiger partial charge in [-0.15, -0.1) is 10.2 Å². The lowest BCUT2D eigenvalue weighted by Gasteiger charge is -2.30. The van der Waals surface area contributed by atoms with E-state index in [0.29, 0.717) is 13.1 Å². The monoisotopic (exact) mass is 306 g/mol. The van der Waals surface area contributed by atoms with E-state index in [9.17, 15) is 4.79 Å². The Balaban J connectivity index is 1.64. The van der Waals surface area contributed by atoms with Crippen LogP contribution in [0.4, 0.5) is 4.79 Å². The Hall–Kier alpha value is -1.59. The van der Waals surface area contributed by atoms with E-state index in [1.54, 1.807) is 4.90 Å². The number of carbonyl (C=O) groups excluding carboxylic acids is 1. The quantitative estimate of drug-likeness (QED) is 0.843. The number of aromatic nitrogens is 3. The van der Waals surface area contributed by atoms with Crippen LogP contribution < -0.4 is 0 Å². The average Bonchev–Trinajstić information content (AvgIpc) is 3.07. The minimum absolute atomic E-state index is 0.265. The van der Waals surface area contributed by atoms with E-state index < -0.39 is 5.60 Å². The largest absolute Gasteiger partial charge is 0.444 e. The van der Waals surface area contributed by atoms with Crippen LogP contribution in [-0.2, 0) is 24.2 Å². The lowest BCUT2D eigenvalue weighted by atomic mass is 10.0. The van der Waals surface area contributed by atoms with Crippen molar-refractivity contribution in [3.05, 3.63) is 11.6 Å². The van der Waals surface area contributed by atoms with Crippen LogP contribution >= 0.6 is 0 Å². The molecule has 0 N–H and O–H groups in total. The van der Waals surface area contributed by atoms with Gasteiger partial charge in [0.15, 0.2) is 5.82 Å². The van der Waals surface area contributed by atoms with E-state index in [-0.39, 0.29) is 6.09 Å². The maximum atomic E-state index is 12.2. The fourth-order valence-electron chi connectivity index (χ4n) is 3.32. The Labute approximate surface area is 131 Å². The van der Waals surface area contributed by atoms with Crippen molar-refractivity contribution in [2.45, 2.75) is 71.6 Å². The molecule has 0 saturated heterocycles. The summed E-state index contributed by atoms with van der Waals surface area (Å²) < 4.78 is 7.63. The topological polar surface area (TPSA) is 60.2 Å². The lowest BCUT2D eigenvalue weighted by molar-refractivity contribution is 0.0194. The van der Waals surface area contributed by atoms with Crippen LogP contribution in [0.3, 0.4) is 0 Å². The molecule has 1 amide bonds. The number of amides is 1. The van der Waals surface area contributed by atoms with Crippen LogP contribution in [0.25, 0.3) is 0 Å².